The molecule has 0 fully saturated rings. The van der Waals surface area contributed by atoms with E-state index in [9.17, 15) is 9.59 Å². The maximum atomic E-state index is 12.9. The molecule has 2 aliphatic rings. The van der Waals surface area contributed by atoms with Gasteiger partial charge in [-0.3, -0.25) is 9.59 Å². The maximum absolute atomic E-state index is 12.9. The first-order valence-corrected chi connectivity index (χ1v) is 12.9. The summed E-state index contributed by atoms with van der Waals surface area (Å²) in [5.74, 6) is -0.403. The molecule has 0 atom stereocenters. The number of anilines is 3. The van der Waals surface area contributed by atoms with Crippen molar-refractivity contribution in [2.24, 2.45) is 0 Å². The second kappa shape index (κ2) is 8.12. The van der Waals surface area contributed by atoms with Crippen molar-refractivity contribution in [3.8, 4) is 0 Å². The summed E-state index contributed by atoms with van der Waals surface area (Å²) in [4.78, 5) is 28.2. The van der Waals surface area contributed by atoms with E-state index in [1.165, 1.54) is 16.8 Å². The molecule has 0 bridgehead atoms. The molecule has 3 heteroatoms. The standard InChI is InChI=1S/C35H25NO2/c1-35(2)29-14-8-9-15-30(29)36(24-10-4-3-5-11-24)31-19-17-23-20-22(16-18-25(23)32(31)35)21-28-33(37)26-12-6-7-13-27(26)34(28)38/h3-21H,1-2H3. The molecular formula is C35H25NO2. The van der Waals surface area contributed by atoms with Gasteiger partial charge in [0, 0.05) is 22.2 Å². The first-order chi connectivity index (χ1) is 18.4. The van der Waals surface area contributed by atoms with E-state index in [2.05, 4.69) is 91.5 Å². The Balaban J connectivity index is 1.40. The summed E-state index contributed by atoms with van der Waals surface area (Å²) >= 11 is 0. The van der Waals surface area contributed by atoms with E-state index < -0.39 is 0 Å². The highest BCUT2D eigenvalue weighted by Crippen LogP contribution is 2.53. The number of ketones is 2. The Hall–Kier alpha value is -4.76. The minimum atomic E-state index is -0.226. The molecule has 5 aromatic carbocycles. The Bertz CT molecular complexity index is 1790. The number of allylic oxidation sites excluding steroid dienone is 1. The van der Waals surface area contributed by atoms with Gasteiger partial charge in [-0.05, 0) is 63.9 Å². The highest BCUT2D eigenvalue weighted by Gasteiger charge is 2.38. The Morgan fingerprint density at radius 1 is 0.658 bits per heavy atom. The number of para-hydroxylation sites is 2. The van der Waals surface area contributed by atoms with Crippen LogP contribution in [-0.2, 0) is 5.41 Å². The van der Waals surface area contributed by atoms with Crippen LogP contribution in [0.4, 0.5) is 17.1 Å². The molecule has 0 amide bonds. The number of fused-ring (bicyclic) bond motifs is 5. The van der Waals surface area contributed by atoms with Gasteiger partial charge >= 0.3 is 0 Å². The van der Waals surface area contributed by atoms with Crippen molar-refractivity contribution < 1.29 is 9.59 Å². The summed E-state index contributed by atoms with van der Waals surface area (Å²) in [5, 5.41) is 2.24. The van der Waals surface area contributed by atoms with Crippen LogP contribution in [0.2, 0.25) is 0 Å². The number of carbonyl (C=O) groups is 2. The Morgan fingerprint density at radius 3 is 2.05 bits per heavy atom. The van der Waals surface area contributed by atoms with Crippen LogP contribution in [-0.4, -0.2) is 11.6 Å². The van der Waals surface area contributed by atoms with Gasteiger partial charge in [0.05, 0.1) is 16.9 Å². The quantitative estimate of drug-likeness (QED) is 0.184. The van der Waals surface area contributed by atoms with Gasteiger partial charge in [0.1, 0.15) is 0 Å². The Kier molecular flexibility index (Phi) is 4.80. The van der Waals surface area contributed by atoms with Crippen LogP contribution in [0.25, 0.3) is 16.8 Å². The molecule has 182 valence electrons. The fourth-order valence-electron chi connectivity index (χ4n) is 6.16. The summed E-state index contributed by atoms with van der Waals surface area (Å²) in [7, 11) is 0. The van der Waals surface area contributed by atoms with Gasteiger partial charge in [0.2, 0.25) is 0 Å². The van der Waals surface area contributed by atoms with Gasteiger partial charge in [-0.25, -0.2) is 0 Å². The van der Waals surface area contributed by atoms with Gasteiger partial charge < -0.3 is 4.90 Å². The Labute approximate surface area is 221 Å². The molecule has 0 N–H and O–H groups in total. The molecule has 0 unspecified atom stereocenters. The van der Waals surface area contributed by atoms with Crippen molar-refractivity contribution in [2.45, 2.75) is 19.3 Å². The third-order valence-electron chi connectivity index (χ3n) is 7.94. The molecule has 0 aromatic heterocycles. The minimum Gasteiger partial charge on any atom is -0.310 e. The van der Waals surface area contributed by atoms with Gasteiger partial charge in [-0.1, -0.05) is 92.7 Å². The summed E-state index contributed by atoms with van der Waals surface area (Å²) in [6.45, 7) is 4.57. The topological polar surface area (TPSA) is 37.4 Å². The van der Waals surface area contributed by atoms with E-state index >= 15 is 0 Å². The second-order valence-corrected chi connectivity index (χ2v) is 10.5. The van der Waals surface area contributed by atoms with E-state index in [0.717, 1.165) is 27.7 Å². The fraction of sp³-hybridized carbons (Fsp3) is 0.0857. The van der Waals surface area contributed by atoms with Crippen molar-refractivity contribution in [2.75, 3.05) is 4.90 Å². The lowest BCUT2D eigenvalue weighted by Gasteiger charge is -2.42. The molecule has 1 aliphatic heterocycles. The van der Waals surface area contributed by atoms with Crippen LogP contribution in [0.1, 0.15) is 51.3 Å². The van der Waals surface area contributed by atoms with Gasteiger partial charge in [0.15, 0.2) is 11.6 Å². The van der Waals surface area contributed by atoms with E-state index in [1.54, 1.807) is 30.3 Å². The molecule has 0 radical (unpaired) electrons. The molecule has 5 aromatic rings. The summed E-state index contributed by atoms with van der Waals surface area (Å²) in [6, 6.07) is 36.7. The van der Waals surface area contributed by atoms with E-state index in [4.69, 9.17) is 0 Å². The molecule has 0 saturated carbocycles. The summed E-state index contributed by atoms with van der Waals surface area (Å²) in [5.41, 5.74) is 7.83. The van der Waals surface area contributed by atoms with Gasteiger partial charge in [-0.15, -0.1) is 0 Å². The third kappa shape index (κ3) is 3.15. The van der Waals surface area contributed by atoms with Crippen molar-refractivity contribution in [1.82, 2.24) is 0 Å². The third-order valence-corrected chi connectivity index (χ3v) is 7.94. The molecule has 1 heterocycles. The average Bonchev–Trinajstić information content (AvgIpc) is 3.18. The lowest BCUT2D eigenvalue weighted by atomic mass is 9.71. The molecule has 38 heavy (non-hydrogen) atoms. The molecule has 7 rings (SSSR count). The van der Waals surface area contributed by atoms with Crippen LogP contribution in [0, 0.1) is 0 Å². The predicted molar refractivity (Wildman–Crippen MR) is 154 cm³/mol. The number of Topliss-reactive ketones (excluding diaryl/α,β-unsaturated/α-hetero) is 2. The maximum Gasteiger partial charge on any atom is 0.197 e. The molecule has 0 saturated heterocycles. The minimum absolute atomic E-state index is 0.201. The predicted octanol–water partition coefficient (Wildman–Crippen LogP) is 8.41. The highest BCUT2D eigenvalue weighted by atomic mass is 16.2. The van der Waals surface area contributed by atoms with Crippen molar-refractivity contribution in [3.05, 3.63) is 143 Å². The average molecular weight is 492 g/mol. The molecule has 3 nitrogen and oxygen atoms in total. The summed E-state index contributed by atoms with van der Waals surface area (Å²) < 4.78 is 0. The highest BCUT2D eigenvalue weighted by molar-refractivity contribution is 6.41. The number of benzene rings is 5. The lowest BCUT2D eigenvalue weighted by Crippen LogP contribution is -2.30. The first kappa shape index (κ1) is 22.4. The molecule has 1 aliphatic carbocycles. The number of carbonyl (C=O) groups excluding carboxylic acids is 2. The second-order valence-electron chi connectivity index (χ2n) is 10.5. The van der Waals surface area contributed by atoms with Crippen LogP contribution >= 0.6 is 0 Å². The fourth-order valence-corrected chi connectivity index (χ4v) is 6.16. The van der Waals surface area contributed by atoms with Gasteiger partial charge in [-0.2, -0.15) is 0 Å². The normalized spacial score (nSPS) is 15.3. The van der Waals surface area contributed by atoms with Crippen LogP contribution in [0.5, 0.6) is 0 Å². The zero-order valence-electron chi connectivity index (χ0n) is 21.2. The zero-order chi connectivity index (χ0) is 26.0. The van der Waals surface area contributed by atoms with E-state index in [1.807, 2.05) is 12.1 Å². The lowest BCUT2D eigenvalue weighted by molar-refractivity contribution is 0.0990. The smallest absolute Gasteiger partial charge is 0.197 e. The molecular weight excluding hydrogens is 466 g/mol. The first-order valence-electron chi connectivity index (χ1n) is 12.9. The number of hydrogen-bond acceptors (Lipinski definition) is 3. The van der Waals surface area contributed by atoms with Crippen molar-refractivity contribution in [3.63, 3.8) is 0 Å². The molecule has 0 spiro atoms. The zero-order valence-corrected chi connectivity index (χ0v) is 21.2. The monoisotopic (exact) mass is 491 g/mol. The largest absolute Gasteiger partial charge is 0.310 e. The van der Waals surface area contributed by atoms with Gasteiger partial charge in [0.25, 0.3) is 0 Å². The Morgan fingerprint density at radius 2 is 1.32 bits per heavy atom. The van der Waals surface area contributed by atoms with Crippen molar-refractivity contribution >= 4 is 45.5 Å². The number of hydrogen-bond donors (Lipinski definition) is 0. The van der Waals surface area contributed by atoms with Crippen molar-refractivity contribution in [1.29, 1.82) is 0 Å². The summed E-state index contributed by atoms with van der Waals surface area (Å²) in [6.07, 6.45) is 1.74. The van der Waals surface area contributed by atoms with Crippen LogP contribution in [0.3, 0.4) is 0 Å². The van der Waals surface area contributed by atoms with Crippen LogP contribution < -0.4 is 4.90 Å². The van der Waals surface area contributed by atoms with E-state index in [0.29, 0.717) is 11.1 Å². The number of nitrogens with zero attached hydrogens (tertiary/aromatic N) is 1. The van der Waals surface area contributed by atoms with E-state index in [-0.39, 0.29) is 22.6 Å². The SMILES string of the molecule is CC1(C)c2ccccc2N(c2ccccc2)c2ccc3cc(C=C4C(=O)c5ccccc5C4=O)ccc3c21. The number of rotatable bonds is 2. The van der Waals surface area contributed by atoms with Crippen LogP contribution in [0.15, 0.2) is 115 Å².